The largest absolute Gasteiger partial charge is 0.508 e. The van der Waals surface area contributed by atoms with E-state index in [1.807, 2.05) is 45.0 Å². The number of hydrogen-bond donors (Lipinski definition) is 2. The van der Waals surface area contributed by atoms with E-state index >= 15 is 0 Å². The molecule has 2 aromatic rings. The van der Waals surface area contributed by atoms with E-state index in [9.17, 15) is 10.2 Å². The molecule has 0 radical (unpaired) electrons. The van der Waals surface area contributed by atoms with Crippen molar-refractivity contribution < 1.29 is 10.2 Å². The van der Waals surface area contributed by atoms with Gasteiger partial charge in [-0.05, 0) is 55.2 Å². The van der Waals surface area contributed by atoms with Crippen molar-refractivity contribution in [3.05, 3.63) is 47.0 Å². The van der Waals surface area contributed by atoms with Gasteiger partial charge in [0.15, 0.2) is 0 Å². The Balaban J connectivity index is 2.68. The SMILES string of the molecule is Cc1cc(-c2c(C)ccc(C)c2O)ccc1O. The Morgan fingerprint density at radius 1 is 0.765 bits per heavy atom. The highest BCUT2D eigenvalue weighted by Gasteiger charge is 2.11. The van der Waals surface area contributed by atoms with E-state index in [0.717, 1.165) is 27.8 Å². The minimum absolute atomic E-state index is 0.276. The normalized spacial score (nSPS) is 10.5. The molecule has 0 saturated carbocycles. The molecule has 0 fully saturated rings. The number of aryl methyl sites for hydroxylation is 3. The monoisotopic (exact) mass is 228 g/mol. The van der Waals surface area contributed by atoms with Gasteiger partial charge in [-0.2, -0.15) is 0 Å². The molecule has 2 heteroatoms. The predicted octanol–water partition coefficient (Wildman–Crippen LogP) is 3.69. The summed E-state index contributed by atoms with van der Waals surface area (Å²) in [7, 11) is 0. The topological polar surface area (TPSA) is 40.5 Å². The molecule has 2 N–H and O–H groups in total. The summed E-state index contributed by atoms with van der Waals surface area (Å²) in [4.78, 5) is 0. The van der Waals surface area contributed by atoms with Crippen LogP contribution in [0.15, 0.2) is 30.3 Å². The van der Waals surface area contributed by atoms with Crippen molar-refractivity contribution in [1.29, 1.82) is 0 Å². The molecule has 0 saturated heterocycles. The number of phenolic OH excluding ortho intramolecular Hbond substituents is 2. The molecule has 0 spiro atoms. The number of benzene rings is 2. The van der Waals surface area contributed by atoms with E-state index in [0.29, 0.717) is 5.75 Å². The maximum atomic E-state index is 10.1. The van der Waals surface area contributed by atoms with Crippen LogP contribution in [0.3, 0.4) is 0 Å². The average molecular weight is 228 g/mol. The third-order valence-corrected chi connectivity index (χ3v) is 3.07. The van der Waals surface area contributed by atoms with Crippen molar-refractivity contribution in [3.8, 4) is 22.6 Å². The fourth-order valence-electron chi connectivity index (χ4n) is 1.97. The maximum Gasteiger partial charge on any atom is 0.126 e. The Morgan fingerprint density at radius 3 is 2.06 bits per heavy atom. The van der Waals surface area contributed by atoms with Gasteiger partial charge in [-0.15, -0.1) is 0 Å². The van der Waals surface area contributed by atoms with Gasteiger partial charge < -0.3 is 10.2 Å². The molecule has 17 heavy (non-hydrogen) atoms. The van der Waals surface area contributed by atoms with E-state index in [-0.39, 0.29) is 5.75 Å². The lowest BCUT2D eigenvalue weighted by molar-refractivity contribution is 0.470. The molecule has 0 aliphatic carbocycles. The summed E-state index contributed by atoms with van der Waals surface area (Å²) >= 11 is 0. The van der Waals surface area contributed by atoms with E-state index in [1.54, 1.807) is 6.07 Å². The predicted molar refractivity (Wildman–Crippen MR) is 69.4 cm³/mol. The second-order valence-electron chi connectivity index (χ2n) is 4.42. The van der Waals surface area contributed by atoms with E-state index in [2.05, 4.69) is 0 Å². The molecule has 2 nitrogen and oxygen atoms in total. The minimum Gasteiger partial charge on any atom is -0.508 e. The standard InChI is InChI=1S/C15H16O2/c1-9-4-5-10(2)15(17)14(9)12-6-7-13(16)11(3)8-12/h4-8,16-17H,1-3H3. The van der Waals surface area contributed by atoms with Crippen molar-refractivity contribution in [3.63, 3.8) is 0 Å². The Bertz CT molecular complexity index is 571. The summed E-state index contributed by atoms with van der Waals surface area (Å²) in [6.07, 6.45) is 0. The van der Waals surface area contributed by atoms with Gasteiger partial charge in [0.05, 0.1) is 0 Å². The molecule has 2 aromatic carbocycles. The molecule has 0 unspecified atom stereocenters. The summed E-state index contributed by atoms with van der Waals surface area (Å²) in [5, 5.41) is 19.7. The lowest BCUT2D eigenvalue weighted by atomic mass is 9.95. The molecule has 0 aliphatic rings. The molecular weight excluding hydrogens is 212 g/mol. The van der Waals surface area contributed by atoms with Crippen LogP contribution < -0.4 is 0 Å². The third-order valence-electron chi connectivity index (χ3n) is 3.07. The van der Waals surface area contributed by atoms with Gasteiger partial charge in [0.25, 0.3) is 0 Å². The molecule has 0 aromatic heterocycles. The zero-order valence-corrected chi connectivity index (χ0v) is 10.3. The van der Waals surface area contributed by atoms with Crippen LogP contribution in [-0.4, -0.2) is 10.2 Å². The van der Waals surface area contributed by atoms with Crippen LogP contribution >= 0.6 is 0 Å². The summed E-state index contributed by atoms with van der Waals surface area (Å²) in [5.41, 5.74) is 4.46. The summed E-state index contributed by atoms with van der Waals surface area (Å²) < 4.78 is 0. The van der Waals surface area contributed by atoms with E-state index in [1.165, 1.54) is 0 Å². The van der Waals surface area contributed by atoms with Crippen LogP contribution in [-0.2, 0) is 0 Å². The maximum absolute atomic E-state index is 10.1. The second-order valence-corrected chi connectivity index (χ2v) is 4.42. The highest BCUT2D eigenvalue weighted by atomic mass is 16.3. The van der Waals surface area contributed by atoms with Crippen molar-refractivity contribution in [2.45, 2.75) is 20.8 Å². The highest BCUT2D eigenvalue weighted by molar-refractivity contribution is 5.76. The van der Waals surface area contributed by atoms with Crippen molar-refractivity contribution in [1.82, 2.24) is 0 Å². The first-order valence-electron chi connectivity index (χ1n) is 5.60. The van der Waals surface area contributed by atoms with E-state index in [4.69, 9.17) is 0 Å². The Labute approximate surface area is 101 Å². The first-order valence-corrected chi connectivity index (χ1v) is 5.60. The molecular formula is C15H16O2. The fourth-order valence-corrected chi connectivity index (χ4v) is 1.97. The molecule has 2 rings (SSSR count). The number of hydrogen-bond acceptors (Lipinski definition) is 2. The van der Waals surface area contributed by atoms with Crippen molar-refractivity contribution in [2.24, 2.45) is 0 Å². The smallest absolute Gasteiger partial charge is 0.126 e. The van der Waals surface area contributed by atoms with Crippen LogP contribution in [0.25, 0.3) is 11.1 Å². The Morgan fingerprint density at radius 2 is 1.41 bits per heavy atom. The zero-order chi connectivity index (χ0) is 12.6. The van der Waals surface area contributed by atoms with Gasteiger partial charge in [-0.25, -0.2) is 0 Å². The molecule has 0 atom stereocenters. The fraction of sp³-hybridized carbons (Fsp3) is 0.200. The van der Waals surface area contributed by atoms with Gasteiger partial charge >= 0.3 is 0 Å². The van der Waals surface area contributed by atoms with Crippen LogP contribution in [0, 0.1) is 20.8 Å². The summed E-state index contributed by atoms with van der Waals surface area (Å²) in [6.45, 7) is 5.70. The van der Waals surface area contributed by atoms with E-state index < -0.39 is 0 Å². The average Bonchev–Trinajstić information content (AvgIpc) is 2.29. The first kappa shape index (κ1) is 11.5. The van der Waals surface area contributed by atoms with Crippen molar-refractivity contribution >= 4 is 0 Å². The quantitative estimate of drug-likeness (QED) is 0.781. The highest BCUT2D eigenvalue weighted by Crippen LogP contribution is 2.36. The molecule has 0 amide bonds. The molecule has 0 heterocycles. The molecule has 88 valence electrons. The minimum atomic E-state index is 0.276. The Hall–Kier alpha value is -1.96. The van der Waals surface area contributed by atoms with Gasteiger partial charge in [-0.1, -0.05) is 18.2 Å². The van der Waals surface area contributed by atoms with Crippen LogP contribution in [0.4, 0.5) is 0 Å². The van der Waals surface area contributed by atoms with Gasteiger partial charge in [-0.3, -0.25) is 0 Å². The van der Waals surface area contributed by atoms with Gasteiger partial charge in [0, 0.05) is 5.56 Å². The summed E-state index contributed by atoms with van der Waals surface area (Å²) in [5.74, 6) is 0.591. The molecule has 0 aliphatic heterocycles. The van der Waals surface area contributed by atoms with Crippen LogP contribution in [0.2, 0.25) is 0 Å². The second kappa shape index (κ2) is 4.13. The number of phenols is 2. The number of rotatable bonds is 1. The molecule has 0 bridgehead atoms. The van der Waals surface area contributed by atoms with Gasteiger partial charge in [0.2, 0.25) is 0 Å². The van der Waals surface area contributed by atoms with Gasteiger partial charge in [0.1, 0.15) is 11.5 Å². The lowest BCUT2D eigenvalue weighted by Gasteiger charge is -2.12. The Kier molecular flexibility index (Phi) is 2.80. The zero-order valence-electron chi connectivity index (χ0n) is 10.3. The third kappa shape index (κ3) is 1.98. The van der Waals surface area contributed by atoms with Crippen LogP contribution in [0.1, 0.15) is 16.7 Å². The van der Waals surface area contributed by atoms with Crippen molar-refractivity contribution in [2.75, 3.05) is 0 Å². The summed E-state index contributed by atoms with van der Waals surface area (Å²) in [6, 6.07) is 9.26. The lowest BCUT2D eigenvalue weighted by Crippen LogP contribution is -1.88. The number of aromatic hydroxyl groups is 2. The van der Waals surface area contributed by atoms with Crippen LogP contribution in [0.5, 0.6) is 11.5 Å². The first-order chi connectivity index (χ1) is 8.00.